The number of amides is 1. The van der Waals surface area contributed by atoms with Gasteiger partial charge in [0.25, 0.3) is 0 Å². The molecule has 1 heterocycles. The first-order valence-electron chi connectivity index (χ1n) is 7.13. The molecule has 22 heavy (non-hydrogen) atoms. The number of benzene rings is 1. The van der Waals surface area contributed by atoms with Crippen molar-refractivity contribution in [1.29, 1.82) is 0 Å². The Hall–Kier alpha value is -1.72. The molecular weight excluding hydrogens is 295 g/mol. The second-order valence-corrected chi connectivity index (χ2v) is 6.51. The molecule has 6 heteroatoms. The van der Waals surface area contributed by atoms with Crippen LogP contribution in [0, 0.1) is 6.92 Å². The highest BCUT2D eigenvalue weighted by molar-refractivity contribution is 5.72. The quantitative estimate of drug-likeness (QED) is 0.792. The van der Waals surface area contributed by atoms with E-state index in [4.69, 9.17) is 4.74 Å². The highest BCUT2D eigenvalue weighted by Gasteiger charge is 2.50. The van der Waals surface area contributed by atoms with Gasteiger partial charge in [0, 0.05) is 6.04 Å². The summed E-state index contributed by atoms with van der Waals surface area (Å²) in [5.41, 5.74) is -0.590. The van der Waals surface area contributed by atoms with Crippen molar-refractivity contribution in [3.63, 3.8) is 0 Å². The Morgan fingerprint density at radius 2 is 1.82 bits per heavy atom. The van der Waals surface area contributed by atoms with Crippen molar-refractivity contribution in [2.45, 2.75) is 58.5 Å². The van der Waals surface area contributed by atoms with Gasteiger partial charge in [-0.25, -0.2) is 4.79 Å². The van der Waals surface area contributed by atoms with Crippen molar-refractivity contribution in [2.75, 3.05) is 0 Å². The molecule has 0 spiro atoms. The minimum absolute atomic E-state index is 0.0978. The number of ether oxygens (including phenoxy) is 1. The summed E-state index contributed by atoms with van der Waals surface area (Å²) in [6, 6.07) is 3.70. The second-order valence-electron chi connectivity index (χ2n) is 6.51. The predicted octanol–water partition coefficient (Wildman–Crippen LogP) is 4.69. The molecule has 1 saturated heterocycles. The molecule has 1 amide bonds. The van der Waals surface area contributed by atoms with Crippen LogP contribution in [-0.4, -0.2) is 22.6 Å². The largest absolute Gasteiger partial charge is 0.439 e. The zero-order chi connectivity index (χ0) is 16.9. The minimum atomic E-state index is -4.43. The van der Waals surface area contributed by atoms with Crippen LogP contribution in [0.15, 0.2) is 18.2 Å². The number of hydrogen-bond donors (Lipinski definition) is 0. The van der Waals surface area contributed by atoms with E-state index in [1.165, 1.54) is 0 Å². The summed E-state index contributed by atoms with van der Waals surface area (Å²) < 4.78 is 44.4. The number of carbonyl (C=O) groups is 1. The molecule has 1 aromatic rings. The number of carbonyl (C=O) groups excluding carboxylic acids is 1. The maximum absolute atomic E-state index is 13.0. The van der Waals surface area contributed by atoms with Crippen molar-refractivity contribution in [3.05, 3.63) is 34.9 Å². The molecule has 1 aromatic carbocycles. The van der Waals surface area contributed by atoms with Gasteiger partial charge in [0.2, 0.25) is 0 Å². The average Bonchev–Trinajstić information content (AvgIpc) is 2.57. The maximum Gasteiger partial charge on any atom is 0.416 e. The number of hydrogen-bond acceptors (Lipinski definition) is 2. The van der Waals surface area contributed by atoms with Crippen LogP contribution in [0.1, 0.15) is 50.5 Å². The van der Waals surface area contributed by atoms with E-state index >= 15 is 0 Å². The lowest BCUT2D eigenvalue weighted by atomic mass is 9.88. The first kappa shape index (κ1) is 16.6. The molecule has 0 saturated carbocycles. The van der Waals surface area contributed by atoms with Gasteiger partial charge in [0.1, 0.15) is 0 Å². The van der Waals surface area contributed by atoms with Crippen LogP contribution in [0.5, 0.6) is 0 Å². The molecule has 0 bridgehead atoms. The van der Waals surface area contributed by atoms with Crippen LogP contribution in [0.3, 0.4) is 0 Å². The molecule has 122 valence electrons. The zero-order valence-corrected chi connectivity index (χ0v) is 13.3. The lowest BCUT2D eigenvalue weighted by Gasteiger charge is -2.35. The Morgan fingerprint density at radius 1 is 1.23 bits per heavy atom. The molecule has 1 aliphatic rings. The molecule has 0 N–H and O–H groups in total. The van der Waals surface area contributed by atoms with E-state index in [-0.39, 0.29) is 6.04 Å². The Morgan fingerprint density at radius 3 is 2.27 bits per heavy atom. The van der Waals surface area contributed by atoms with Crippen LogP contribution >= 0.6 is 0 Å². The smallest absolute Gasteiger partial charge is 0.416 e. The molecule has 0 aromatic heterocycles. The Labute approximate surface area is 128 Å². The van der Waals surface area contributed by atoms with Crippen molar-refractivity contribution in [1.82, 2.24) is 4.90 Å². The fourth-order valence-corrected chi connectivity index (χ4v) is 3.14. The molecule has 1 atom stereocenters. The molecule has 0 aliphatic carbocycles. The summed E-state index contributed by atoms with van der Waals surface area (Å²) in [5.74, 6) is 0. The van der Waals surface area contributed by atoms with Gasteiger partial charge in [-0.05, 0) is 52.3 Å². The zero-order valence-electron chi connectivity index (χ0n) is 13.3. The number of nitrogens with zero attached hydrogens (tertiary/aromatic N) is 1. The number of aryl methyl sites for hydroxylation is 1. The molecule has 2 rings (SSSR count). The van der Waals surface area contributed by atoms with Crippen molar-refractivity contribution in [3.8, 4) is 0 Å². The Balaban J connectivity index is 2.49. The van der Waals surface area contributed by atoms with E-state index in [1.807, 2.05) is 13.8 Å². The molecule has 3 nitrogen and oxygen atoms in total. The van der Waals surface area contributed by atoms with Crippen LogP contribution in [0.4, 0.5) is 18.0 Å². The first-order valence-corrected chi connectivity index (χ1v) is 7.13. The van der Waals surface area contributed by atoms with Crippen molar-refractivity contribution in [2.24, 2.45) is 0 Å². The SMILES string of the molecule is Cc1cc(C2OC(=O)N(C(C)C)C2(C)C)cc(C(F)(F)F)c1. The summed E-state index contributed by atoms with van der Waals surface area (Å²) in [7, 11) is 0. The van der Waals surface area contributed by atoms with Crippen molar-refractivity contribution < 1.29 is 22.7 Å². The summed E-state index contributed by atoms with van der Waals surface area (Å²) in [6.45, 7) is 8.91. The van der Waals surface area contributed by atoms with Gasteiger partial charge in [-0.15, -0.1) is 0 Å². The fourth-order valence-electron chi connectivity index (χ4n) is 3.14. The van der Waals surface area contributed by atoms with Gasteiger partial charge in [0.15, 0.2) is 6.10 Å². The summed E-state index contributed by atoms with van der Waals surface area (Å²) in [4.78, 5) is 13.6. The van der Waals surface area contributed by atoms with E-state index < -0.39 is 29.5 Å². The lowest BCUT2D eigenvalue weighted by Crippen LogP contribution is -2.47. The summed E-state index contributed by atoms with van der Waals surface area (Å²) >= 11 is 0. The van der Waals surface area contributed by atoms with Gasteiger partial charge in [-0.2, -0.15) is 13.2 Å². The molecular formula is C16H20F3NO2. The third-order valence-corrected chi connectivity index (χ3v) is 3.92. The van der Waals surface area contributed by atoms with Crippen LogP contribution in [0.2, 0.25) is 0 Å². The van der Waals surface area contributed by atoms with Gasteiger partial charge in [-0.3, -0.25) is 4.90 Å². The highest BCUT2D eigenvalue weighted by atomic mass is 19.4. The summed E-state index contributed by atoms with van der Waals surface area (Å²) in [6.07, 6.45) is -5.66. The third kappa shape index (κ3) is 2.78. The topological polar surface area (TPSA) is 29.5 Å². The minimum Gasteiger partial charge on any atom is -0.439 e. The fraction of sp³-hybridized carbons (Fsp3) is 0.562. The first-order chi connectivity index (χ1) is 9.94. The van der Waals surface area contributed by atoms with E-state index in [2.05, 4.69) is 0 Å². The van der Waals surface area contributed by atoms with E-state index in [0.717, 1.165) is 12.1 Å². The standard InChI is InChI=1S/C16H20F3NO2/c1-9(2)20-14(21)22-13(15(20,4)5)11-6-10(3)7-12(8-11)16(17,18)19/h6-9,13H,1-5H3. The molecule has 1 aliphatic heterocycles. The van der Waals surface area contributed by atoms with Gasteiger partial charge >= 0.3 is 12.3 Å². The number of rotatable bonds is 2. The summed E-state index contributed by atoms with van der Waals surface area (Å²) in [5, 5.41) is 0. The van der Waals surface area contributed by atoms with E-state index in [9.17, 15) is 18.0 Å². The number of alkyl halides is 3. The van der Waals surface area contributed by atoms with Crippen molar-refractivity contribution >= 4 is 6.09 Å². The van der Waals surface area contributed by atoms with Gasteiger partial charge < -0.3 is 4.74 Å². The van der Waals surface area contributed by atoms with Gasteiger partial charge in [0.05, 0.1) is 11.1 Å². The maximum atomic E-state index is 13.0. The third-order valence-electron chi connectivity index (χ3n) is 3.92. The predicted molar refractivity (Wildman–Crippen MR) is 76.5 cm³/mol. The highest BCUT2D eigenvalue weighted by Crippen LogP contribution is 2.43. The molecule has 1 fully saturated rings. The molecule has 0 radical (unpaired) electrons. The van der Waals surface area contributed by atoms with Gasteiger partial charge in [-0.1, -0.05) is 11.6 Å². The molecule has 1 unspecified atom stereocenters. The van der Waals surface area contributed by atoms with E-state index in [1.54, 1.807) is 31.7 Å². The van der Waals surface area contributed by atoms with Crippen LogP contribution in [-0.2, 0) is 10.9 Å². The lowest BCUT2D eigenvalue weighted by molar-refractivity contribution is -0.137. The van der Waals surface area contributed by atoms with Crippen LogP contribution in [0.25, 0.3) is 0 Å². The van der Waals surface area contributed by atoms with E-state index in [0.29, 0.717) is 11.1 Å². The second kappa shape index (κ2) is 5.18. The monoisotopic (exact) mass is 315 g/mol. The average molecular weight is 315 g/mol. The Kier molecular flexibility index (Phi) is 3.92. The number of halogens is 3. The number of cyclic esters (lactones) is 1. The Bertz CT molecular complexity index is 594. The van der Waals surface area contributed by atoms with Crippen LogP contribution < -0.4 is 0 Å². The normalized spacial score (nSPS) is 21.4.